The summed E-state index contributed by atoms with van der Waals surface area (Å²) in [6.45, 7) is 1.84. The third kappa shape index (κ3) is 4.30. The van der Waals surface area contributed by atoms with Crippen LogP contribution in [0.3, 0.4) is 0 Å². The van der Waals surface area contributed by atoms with E-state index in [-0.39, 0.29) is 18.0 Å². The first-order chi connectivity index (χ1) is 13.3. The minimum absolute atomic E-state index is 0.164. The molecule has 2 aliphatic heterocycles. The fraction of sp³-hybridized carbons (Fsp3) is 0.412. The van der Waals surface area contributed by atoms with E-state index in [2.05, 4.69) is 14.9 Å². The number of furan rings is 1. The van der Waals surface area contributed by atoms with Gasteiger partial charge in [-0.15, -0.1) is 0 Å². The van der Waals surface area contributed by atoms with E-state index in [4.69, 9.17) is 14.3 Å². The SMILES string of the molecule is O=C(O)C(F)(F)F.O=C1CC2C(CCN2Cc2ccoc2)N1c1cncnc1. The van der Waals surface area contributed by atoms with E-state index in [1.807, 2.05) is 11.0 Å². The van der Waals surface area contributed by atoms with Crippen LogP contribution < -0.4 is 4.90 Å². The highest BCUT2D eigenvalue weighted by molar-refractivity contribution is 5.97. The molecular weight excluding hydrogens is 381 g/mol. The van der Waals surface area contributed by atoms with Crippen molar-refractivity contribution in [2.75, 3.05) is 11.4 Å². The maximum absolute atomic E-state index is 12.4. The Balaban J connectivity index is 0.000000279. The van der Waals surface area contributed by atoms with Gasteiger partial charge >= 0.3 is 12.1 Å². The Morgan fingerprint density at radius 2 is 1.96 bits per heavy atom. The Morgan fingerprint density at radius 1 is 1.29 bits per heavy atom. The molecule has 8 nitrogen and oxygen atoms in total. The van der Waals surface area contributed by atoms with Crippen LogP contribution in [0.5, 0.6) is 0 Å². The minimum Gasteiger partial charge on any atom is -0.475 e. The van der Waals surface area contributed by atoms with Crippen LogP contribution in [0.2, 0.25) is 0 Å². The molecule has 2 fully saturated rings. The van der Waals surface area contributed by atoms with Crippen LogP contribution in [-0.2, 0) is 16.1 Å². The molecule has 28 heavy (non-hydrogen) atoms. The molecule has 2 aliphatic rings. The lowest BCUT2D eigenvalue weighted by molar-refractivity contribution is -0.192. The number of carboxylic acids is 1. The summed E-state index contributed by atoms with van der Waals surface area (Å²) in [4.78, 5) is 33.6. The molecule has 2 aromatic heterocycles. The molecule has 0 aromatic carbocycles. The number of hydrogen-bond acceptors (Lipinski definition) is 6. The number of likely N-dealkylation sites (tertiary alicyclic amines) is 1. The van der Waals surface area contributed by atoms with Crippen molar-refractivity contribution >= 4 is 17.6 Å². The van der Waals surface area contributed by atoms with Gasteiger partial charge in [-0.05, 0) is 12.5 Å². The summed E-state index contributed by atoms with van der Waals surface area (Å²) in [5.74, 6) is -2.59. The van der Waals surface area contributed by atoms with Gasteiger partial charge in [-0.1, -0.05) is 0 Å². The lowest BCUT2D eigenvalue weighted by Crippen LogP contribution is -2.37. The van der Waals surface area contributed by atoms with Crippen LogP contribution in [0.25, 0.3) is 0 Å². The van der Waals surface area contributed by atoms with Crippen molar-refractivity contribution in [3.8, 4) is 0 Å². The van der Waals surface area contributed by atoms with Crippen LogP contribution in [0, 0.1) is 0 Å². The van der Waals surface area contributed by atoms with Crippen molar-refractivity contribution in [1.29, 1.82) is 0 Å². The number of amides is 1. The number of aliphatic carboxylic acids is 1. The normalized spacial score (nSPS) is 22.0. The van der Waals surface area contributed by atoms with Crippen LogP contribution in [-0.4, -0.2) is 56.7 Å². The maximum Gasteiger partial charge on any atom is 0.490 e. The first kappa shape index (κ1) is 19.8. The van der Waals surface area contributed by atoms with Gasteiger partial charge in [-0.2, -0.15) is 13.2 Å². The molecule has 2 atom stereocenters. The molecule has 11 heteroatoms. The average Bonchev–Trinajstić information content (AvgIpc) is 3.34. The largest absolute Gasteiger partial charge is 0.490 e. The molecule has 0 bridgehead atoms. The van der Waals surface area contributed by atoms with Crippen molar-refractivity contribution in [1.82, 2.24) is 14.9 Å². The number of alkyl halides is 3. The molecule has 0 saturated carbocycles. The molecule has 1 N–H and O–H groups in total. The average molecular weight is 398 g/mol. The summed E-state index contributed by atoms with van der Waals surface area (Å²) in [5, 5.41) is 7.12. The van der Waals surface area contributed by atoms with Gasteiger partial charge in [0.2, 0.25) is 5.91 Å². The Kier molecular flexibility index (Phi) is 5.63. The maximum atomic E-state index is 12.4. The predicted molar refractivity (Wildman–Crippen MR) is 89.1 cm³/mol. The van der Waals surface area contributed by atoms with Gasteiger partial charge in [-0.25, -0.2) is 14.8 Å². The molecule has 150 valence electrons. The van der Waals surface area contributed by atoms with E-state index >= 15 is 0 Å². The van der Waals surface area contributed by atoms with Crippen LogP contribution in [0.1, 0.15) is 18.4 Å². The molecule has 0 spiro atoms. The quantitative estimate of drug-likeness (QED) is 0.845. The topological polar surface area (TPSA) is 99.8 Å². The van der Waals surface area contributed by atoms with E-state index in [9.17, 15) is 18.0 Å². The number of rotatable bonds is 3. The summed E-state index contributed by atoms with van der Waals surface area (Å²) in [6, 6.07) is 2.48. The van der Waals surface area contributed by atoms with Gasteiger partial charge in [0.25, 0.3) is 0 Å². The zero-order valence-corrected chi connectivity index (χ0v) is 14.5. The molecule has 4 heterocycles. The predicted octanol–water partition coefficient (Wildman–Crippen LogP) is 2.08. The molecule has 2 saturated heterocycles. The van der Waals surface area contributed by atoms with Crippen molar-refractivity contribution in [2.45, 2.75) is 37.6 Å². The minimum atomic E-state index is -5.08. The van der Waals surface area contributed by atoms with E-state index in [1.54, 1.807) is 24.9 Å². The first-order valence-electron chi connectivity index (χ1n) is 8.39. The third-order valence-electron chi connectivity index (χ3n) is 4.64. The van der Waals surface area contributed by atoms with Crippen molar-refractivity contribution < 1.29 is 32.3 Å². The summed E-state index contributed by atoms with van der Waals surface area (Å²) in [7, 11) is 0. The van der Waals surface area contributed by atoms with Crippen LogP contribution in [0.15, 0.2) is 41.7 Å². The Labute approximate surface area is 157 Å². The number of aromatic nitrogens is 2. The fourth-order valence-electron chi connectivity index (χ4n) is 3.49. The number of hydrogen-bond donors (Lipinski definition) is 1. The highest BCUT2D eigenvalue weighted by Gasteiger charge is 2.47. The van der Waals surface area contributed by atoms with Gasteiger partial charge in [0.05, 0.1) is 36.6 Å². The Bertz CT molecular complexity index is 814. The van der Waals surface area contributed by atoms with E-state index in [0.29, 0.717) is 6.42 Å². The van der Waals surface area contributed by atoms with Gasteiger partial charge in [0, 0.05) is 31.1 Å². The number of carboxylic acid groups (broad SMARTS) is 1. The highest BCUT2D eigenvalue weighted by Crippen LogP contribution is 2.36. The second-order valence-corrected chi connectivity index (χ2v) is 6.39. The van der Waals surface area contributed by atoms with Crippen molar-refractivity contribution in [3.05, 3.63) is 42.9 Å². The monoisotopic (exact) mass is 398 g/mol. The lowest BCUT2D eigenvalue weighted by Gasteiger charge is -2.24. The Hall–Kier alpha value is -2.95. The van der Waals surface area contributed by atoms with E-state index < -0.39 is 12.1 Å². The number of anilines is 1. The van der Waals surface area contributed by atoms with Gasteiger partial charge < -0.3 is 14.4 Å². The molecule has 2 unspecified atom stereocenters. The molecule has 4 rings (SSSR count). The second-order valence-electron chi connectivity index (χ2n) is 6.39. The fourth-order valence-corrected chi connectivity index (χ4v) is 3.49. The lowest BCUT2D eigenvalue weighted by atomic mass is 10.1. The van der Waals surface area contributed by atoms with Gasteiger partial charge in [-0.3, -0.25) is 9.69 Å². The van der Waals surface area contributed by atoms with Crippen molar-refractivity contribution in [3.63, 3.8) is 0 Å². The number of fused-ring (bicyclic) bond motifs is 1. The molecule has 2 aromatic rings. The molecule has 0 radical (unpaired) electrons. The third-order valence-corrected chi connectivity index (χ3v) is 4.64. The van der Waals surface area contributed by atoms with E-state index in [0.717, 1.165) is 30.8 Å². The number of carbonyl (C=O) groups excluding carboxylic acids is 1. The number of carbonyl (C=O) groups is 2. The molecule has 1 amide bonds. The van der Waals surface area contributed by atoms with Crippen LogP contribution in [0.4, 0.5) is 18.9 Å². The van der Waals surface area contributed by atoms with Gasteiger partial charge in [0.1, 0.15) is 6.33 Å². The molecule has 0 aliphatic carbocycles. The summed E-state index contributed by atoms with van der Waals surface area (Å²) >= 11 is 0. The zero-order chi connectivity index (χ0) is 20.3. The summed E-state index contributed by atoms with van der Waals surface area (Å²) in [6.07, 6.45) is 4.85. The standard InChI is InChI=1S/C15H16N4O2.C2HF3O2/c20-15-5-14-13(19(15)12-6-16-10-17-7-12)1-3-18(14)8-11-2-4-21-9-11;3-2(4,5)1(6)7/h2,4,6-7,9-10,13-14H,1,3,5,8H2;(H,6,7). The van der Waals surface area contributed by atoms with Crippen molar-refractivity contribution in [2.24, 2.45) is 0 Å². The highest BCUT2D eigenvalue weighted by atomic mass is 19.4. The number of halogens is 3. The smallest absolute Gasteiger partial charge is 0.475 e. The van der Waals surface area contributed by atoms with Gasteiger partial charge in [0.15, 0.2) is 0 Å². The Morgan fingerprint density at radius 3 is 2.54 bits per heavy atom. The second kappa shape index (κ2) is 7.97. The summed E-state index contributed by atoms with van der Waals surface area (Å²) < 4.78 is 36.9. The summed E-state index contributed by atoms with van der Waals surface area (Å²) in [5.41, 5.74) is 1.96. The number of nitrogens with zero attached hydrogens (tertiary/aromatic N) is 4. The zero-order valence-electron chi connectivity index (χ0n) is 14.5. The first-order valence-corrected chi connectivity index (χ1v) is 8.39. The molecular formula is C17H17F3N4O4. The van der Waals surface area contributed by atoms with E-state index in [1.165, 1.54) is 6.33 Å². The van der Waals surface area contributed by atoms with Crippen LogP contribution >= 0.6 is 0 Å².